The second kappa shape index (κ2) is 12.5. The third-order valence-electron chi connectivity index (χ3n) is 8.32. The molecule has 0 unspecified atom stereocenters. The number of benzene rings is 2. The standard InChI is InChI=1S/C30H26ClF7N6O3S/c31-20-11-22(32)26(23(33)12-20)41-48(46,47)21-10-18-5-9-44(27(18)24(13-21)43-6-1-2-25(43)45)28-39-14-19(15-40-28)17-3-7-42(8-4-17)16-29(34,35)30(36,37)38/h3,10-15,41H,1-2,4-9,16H2. The Morgan fingerprint density at radius 2 is 1.58 bits per heavy atom. The van der Waals surface area contributed by atoms with Crippen molar-refractivity contribution in [2.45, 2.75) is 42.7 Å². The fourth-order valence-electron chi connectivity index (χ4n) is 5.91. The van der Waals surface area contributed by atoms with E-state index in [1.54, 1.807) is 11.0 Å². The average molecular weight is 719 g/mol. The zero-order valence-electron chi connectivity index (χ0n) is 24.8. The van der Waals surface area contributed by atoms with Crippen LogP contribution in [0.25, 0.3) is 5.57 Å². The van der Waals surface area contributed by atoms with E-state index in [1.165, 1.54) is 29.4 Å². The first-order valence-electron chi connectivity index (χ1n) is 14.6. The third kappa shape index (κ3) is 6.54. The molecule has 48 heavy (non-hydrogen) atoms. The molecule has 18 heteroatoms. The second-order valence-corrected chi connectivity index (χ2v) is 13.7. The first kappa shape index (κ1) is 33.9. The molecule has 3 aromatic rings. The number of nitrogens with zero attached hydrogens (tertiary/aromatic N) is 5. The van der Waals surface area contributed by atoms with Crippen LogP contribution in [0, 0.1) is 11.6 Å². The Kier molecular flexibility index (Phi) is 8.83. The minimum Gasteiger partial charge on any atom is -0.310 e. The number of hydrogen-bond donors (Lipinski definition) is 1. The largest absolute Gasteiger partial charge is 0.454 e. The lowest BCUT2D eigenvalue weighted by Gasteiger charge is -2.30. The molecule has 0 atom stereocenters. The number of nitrogens with one attached hydrogen (secondary N) is 1. The summed E-state index contributed by atoms with van der Waals surface area (Å²) < 4.78 is 123. The van der Waals surface area contributed by atoms with Crippen molar-refractivity contribution in [2.75, 3.05) is 47.2 Å². The average Bonchev–Trinajstić information content (AvgIpc) is 3.64. The Labute approximate surface area is 275 Å². The van der Waals surface area contributed by atoms with Gasteiger partial charge in [-0.25, -0.2) is 27.2 Å². The van der Waals surface area contributed by atoms with Gasteiger partial charge in [0.1, 0.15) is 5.69 Å². The number of fused-ring (bicyclic) bond motifs is 1. The van der Waals surface area contributed by atoms with E-state index in [1.807, 2.05) is 4.72 Å². The lowest BCUT2D eigenvalue weighted by molar-refractivity contribution is -0.286. The molecule has 4 heterocycles. The molecule has 3 aliphatic heterocycles. The topological polar surface area (TPSA) is 98.7 Å². The summed E-state index contributed by atoms with van der Waals surface area (Å²) in [6.07, 6.45) is 0.154. The molecule has 0 bridgehead atoms. The van der Waals surface area contributed by atoms with E-state index in [9.17, 15) is 43.9 Å². The van der Waals surface area contributed by atoms with Crippen molar-refractivity contribution in [1.82, 2.24) is 14.9 Å². The summed E-state index contributed by atoms with van der Waals surface area (Å²) in [5, 5.41) is -0.259. The molecule has 1 fully saturated rings. The maximum atomic E-state index is 14.5. The molecule has 0 spiro atoms. The predicted molar refractivity (Wildman–Crippen MR) is 163 cm³/mol. The van der Waals surface area contributed by atoms with Crippen LogP contribution in [0.15, 0.2) is 47.6 Å². The van der Waals surface area contributed by atoms with Crippen LogP contribution in [0.5, 0.6) is 0 Å². The highest BCUT2D eigenvalue weighted by Gasteiger charge is 2.58. The van der Waals surface area contributed by atoms with Gasteiger partial charge >= 0.3 is 12.1 Å². The number of hydrogen-bond acceptors (Lipinski definition) is 7. The van der Waals surface area contributed by atoms with E-state index in [0.29, 0.717) is 48.3 Å². The van der Waals surface area contributed by atoms with Gasteiger partial charge in [-0.1, -0.05) is 17.7 Å². The summed E-state index contributed by atoms with van der Waals surface area (Å²) in [4.78, 5) is 25.6. The van der Waals surface area contributed by atoms with Crippen LogP contribution < -0.4 is 14.5 Å². The maximum absolute atomic E-state index is 14.5. The van der Waals surface area contributed by atoms with Crippen molar-refractivity contribution in [3.63, 3.8) is 0 Å². The minimum absolute atomic E-state index is 0.0244. The fourth-order valence-corrected chi connectivity index (χ4v) is 7.24. The van der Waals surface area contributed by atoms with Crippen molar-refractivity contribution in [1.29, 1.82) is 0 Å². The molecule has 256 valence electrons. The monoisotopic (exact) mass is 718 g/mol. The third-order valence-corrected chi connectivity index (χ3v) is 9.86. The molecular formula is C30H26ClF7N6O3S. The Morgan fingerprint density at radius 3 is 2.17 bits per heavy atom. The lowest BCUT2D eigenvalue weighted by atomic mass is 10.0. The molecule has 1 N–H and O–H groups in total. The molecule has 1 saturated heterocycles. The highest BCUT2D eigenvalue weighted by atomic mass is 35.5. The van der Waals surface area contributed by atoms with Gasteiger partial charge < -0.3 is 9.80 Å². The summed E-state index contributed by atoms with van der Waals surface area (Å²) in [5.74, 6) is -7.29. The number of carbonyl (C=O) groups is 1. The van der Waals surface area contributed by atoms with Crippen molar-refractivity contribution < 1.29 is 43.9 Å². The number of halogens is 8. The molecule has 1 amide bonds. The number of rotatable bonds is 8. The van der Waals surface area contributed by atoms with Gasteiger partial charge in [-0.2, -0.15) is 22.0 Å². The lowest BCUT2D eigenvalue weighted by Crippen LogP contribution is -2.47. The van der Waals surface area contributed by atoms with Crippen LogP contribution in [0.1, 0.15) is 30.4 Å². The van der Waals surface area contributed by atoms with Gasteiger partial charge in [0.15, 0.2) is 11.6 Å². The maximum Gasteiger partial charge on any atom is 0.454 e. The zero-order chi connectivity index (χ0) is 34.6. The first-order valence-corrected chi connectivity index (χ1v) is 16.5. The van der Waals surface area contributed by atoms with Crippen LogP contribution in [0.4, 0.5) is 53.7 Å². The van der Waals surface area contributed by atoms with Crippen LogP contribution >= 0.6 is 11.6 Å². The number of carbonyl (C=O) groups excluding carboxylic acids is 1. The molecule has 6 rings (SSSR count). The Morgan fingerprint density at radius 1 is 0.896 bits per heavy atom. The molecule has 0 aliphatic carbocycles. The van der Waals surface area contributed by atoms with Crippen LogP contribution in [-0.2, 0) is 21.2 Å². The Balaban J connectivity index is 1.27. The summed E-state index contributed by atoms with van der Waals surface area (Å²) in [5.41, 5.74) is 1.57. The van der Waals surface area contributed by atoms with Crippen LogP contribution in [-0.4, -0.2) is 74.0 Å². The minimum atomic E-state index is -5.64. The van der Waals surface area contributed by atoms with Crippen molar-refractivity contribution >= 4 is 56.1 Å². The predicted octanol–water partition coefficient (Wildman–Crippen LogP) is 6.32. The molecule has 2 aromatic carbocycles. The van der Waals surface area contributed by atoms with Gasteiger partial charge in [0.2, 0.25) is 11.9 Å². The summed E-state index contributed by atoms with van der Waals surface area (Å²) in [7, 11) is -4.55. The number of amides is 1. The van der Waals surface area contributed by atoms with E-state index < -0.39 is 46.0 Å². The smallest absolute Gasteiger partial charge is 0.310 e. The molecule has 0 saturated carbocycles. The molecular weight excluding hydrogens is 693 g/mol. The van der Waals surface area contributed by atoms with Gasteiger partial charge in [-0.05, 0) is 54.7 Å². The molecule has 0 radical (unpaired) electrons. The second-order valence-electron chi connectivity index (χ2n) is 11.5. The summed E-state index contributed by atoms with van der Waals surface area (Å²) in [6, 6.07) is 4.14. The quantitative estimate of drug-likeness (QED) is 0.273. The normalized spacial score (nSPS) is 17.6. The Hall–Kier alpha value is -3.96. The van der Waals surface area contributed by atoms with Gasteiger partial charge in [-0.3, -0.25) is 14.4 Å². The molecule has 1 aromatic heterocycles. The van der Waals surface area contributed by atoms with Gasteiger partial charge in [-0.15, -0.1) is 0 Å². The highest BCUT2D eigenvalue weighted by Crippen LogP contribution is 2.44. The highest BCUT2D eigenvalue weighted by molar-refractivity contribution is 7.92. The van der Waals surface area contributed by atoms with Gasteiger partial charge in [0.25, 0.3) is 10.0 Å². The Bertz CT molecular complexity index is 1880. The van der Waals surface area contributed by atoms with Crippen molar-refractivity contribution in [3.8, 4) is 0 Å². The zero-order valence-corrected chi connectivity index (χ0v) is 26.4. The number of sulfonamides is 1. The number of anilines is 4. The van der Waals surface area contributed by atoms with E-state index >= 15 is 0 Å². The molecule has 3 aliphatic rings. The SMILES string of the molecule is O=C1CCCN1c1cc(S(=O)(=O)Nc2c(F)cc(Cl)cc2F)cc2c1N(c1ncc(C3=CCN(CC(F)(F)C(F)(F)F)CC3)cn1)CC2. The number of aromatic nitrogens is 2. The van der Waals surface area contributed by atoms with Crippen LogP contribution in [0.3, 0.4) is 0 Å². The van der Waals surface area contributed by atoms with E-state index in [-0.39, 0.29) is 53.4 Å². The summed E-state index contributed by atoms with van der Waals surface area (Å²) in [6.45, 7) is -0.987. The fraction of sp³-hybridized carbons (Fsp3) is 0.367. The van der Waals surface area contributed by atoms with Crippen molar-refractivity contribution in [3.05, 3.63) is 70.5 Å². The summed E-state index contributed by atoms with van der Waals surface area (Å²) >= 11 is 5.66. The number of alkyl halides is 5. The van der Waals surface area contributed by atoms with Crippen LogP contribution in [0.2, 0.25) is 5.02 Å². The molecule has 9 nitrogen and oxygen atoms in total. The van der Waals surface area contributed by atoms with E-state index in [0.717, 1.165) is 17.0 Å². The van der Waals surface area contributed by atoms with E-state index in [4.69, 9.17) is 11.6 Å². The van der Waals surface area contributed by atoms with E-state index in [2.05, 4.69) is 9.97 Å². The van der Waals surface area contributed by atoms with Gasteiger partial charge in [0, 0.05) is 55.6 Å². The van der Waals surface area contributed by atoms with Gasteiger partial charge in [0.05, 0.1) is 22.8 Å². The first-order chi connectivity index (χ1) is 22.5. The van der Waals surface area contributed by atoms with Crippen molar-refractivity contribution in [2.24, 2.45) is 0 Å².